The monoisotopic (exact) mass is 415 g/mol. The van der Waals surface area contributed by atoms with Gasteiger partial charge in [-0.25, -0.2) is 9.07 Å². The Kier molecular flexibility index (Phi) is 6.80. The third-order valence-electron chi connectivity index (χ3n) is 4.50. The van der Waals surface area contributed by atoms with Crippen LogP contribution < -0.4 is 5.32 Å². The van der Waals surface area contributed by atoms with E-state index >= 15 is 0 Å². The van der Waals surface area contributed by atoms with Crippen LogP contribution in [0.3, 0.4) is 0 Å². The molecule has 1 aliphatic heterocycles. The highest BCUT2D eigenvalue weighted by Crippen LogP contribution is 2.32. The molecule has 1 amide bonds. The van der Waals surface area contributed by atoms with Crippen LogP contribution in [0.1, 0.15) is 29.0 Å². The SMILES string of the molecule is O=C(NCCCCN1CCOCC1)c1nnn(-c2cccc(F)c2)c1C(F)(F)F. The summed E-state index contributed by atoms with van der Waals surface area (Å²) in [5, 5.41) is 9.27. The van der Waals surface area contributed by atoms with Gasteiger partial charge in [-0.15, -0.1) is 5.10 Å². The van der Waals surface area contributed by atoms with Crippen LogP contribution in [0.4, 0.5) is 17.6 Å². The van der Waals surface area contributed by atoms with Gasteiger partial charge in [-0.2, -0.15) is 13.2 Å². The van der Waals surface area contributed by atoms with Crippen molar-refractivity contribution in [2.24, 2.45) is 0 Å². The van der Waals surface area contributed by atoms with E-state index in [0.29, 0.717) is 24.3 Å². The first-order valence-corrected chi connectivity index (χ1v) is 9.23. The molecule has 0 saturated carbocycles. The van der Waals surface area contributed by atoms with Gasteiger partial charge in [0.1, 0.15) is 5.82 Å². The van der Waals surface area contributed by atoms with Crippen molar-refractivity contribution in [1.29, 1.82) is 0 Å². The zero-order valence-corrected chi connectivity index (χ0v) is 15.6. The van der Waals surface area contributed by atoms with Crippen molar-refractivity contribution < 1.29 is 27.1 Å². The number of unbranched alkanes of at least 4 members (excludes halogenated alkanes) is 1. The molecule has 0 atom stereocenters. The lowest BCUT2D eigenvalue weighted by Crippen LogP contribution is -2.37. The standard InChI is InChI=1S/C18H21F4N5O2/c19-13-4-3-5-14(12-13)27-16(18(20,21)22)15(24-25-27)17(28)23-6-1-2-7-26-8-10-29-11-9-26/h3-5,12H,1-2,6-11H2,(H,23,28). The van der Waals surface area contributed by atoms with Gasteiger partial charge in [-0.1, -0.05) is 11.3 Å². The van der Waals surface area contributed by atoms with E-state index in [0.717, 1.165) is 38.2 Å². The number of carbonyl (C=O) groups excluding carboxylic acids is 1. The van der Waals surface area contributed by atoms with Crippen molar-refractivity contribution in [2.75, 3.05) is 39.4 Å². The van der Waals surface area contributed by atoms with E-state index in [1.165, 1.54) is 12.1 Å². The van der Waals surface area contributed by atoms with E-state index in [4.69, 9.17) is 4.74 Å². The Morgan fingerprint density at radius 3 is 2.66 bits per heavy atom. The number of benzene rings is 1. The van der Waals surface area contributed by atoms with E-state index in [1.807, 2.05) is 0 Å². The van der Waals surface area contributed by atoms with Gasteiger partial charge in [0.25, 0.3) is 5.91 Å². The predicted octanol–water partition coefficient (Wildman–Crippen LogP) is 2.27. The Labute approximate surface area is 164 Å². The van der Waals surface area contributed by atoms with Gasteiger partial charge >= 0.3 is 6.18 Å². The largest absolute Gasteiger partial charge is 0.435 e. The number of rotatable bonds is 7. The Bertz CT molecular complexity index is 834. The highest BCUT2D eigenvalue weighted by atomic mass is 19.4. The number of aromatic nitrogens is 3. The van der Waals surface area contributed by atoms with Crippen molar-refractivity contribution in [2.45, 2.75) is 19.0 Å². The van der Waals surface area contributed by atoms with Crippen molar-refractivity contribution in [3.05, 3.63) is 41.5 Å². The van der Waals surface area contributed by atoms with Crippen LogP contribution in [0, 0.1) is 5.82 Å². The second-order valence-corrected chi connectivity index (χ2v) is 6.59. The number of carbonyl (C=O) groups is 1. The number of halogens is 4. The molecule has 2 heterocycles. The molecule has 2 aromatic rings. The number of nitrogens with zero attached hydrogens (tertiary/aromatic N) is 4. The van der Waals surface area contributed by atoms with Crippen LogP contribution in [0.25, 0.3) is 5.69 Å². The molecule has 1 aliphatic rings. The van der Waals surface area contributed by atoms with Crippen LogP contribution >= 0.6 is 0 Å². The third-order valence-corrected chi connectivity index (χ3v) is 4.50. The molecule has 0 spiro atoms. The molecule has 1 saturated heterocycles. The molecule has 0 radical (unpaired) electrons. The summed E-state index contributed by atoms with van der Waals surface area (Å²) in [6.45, 7) is 4.14. The maximum absolute atomic E-state index is 13.5. The zero-order valence-electron chi connectivity index (χ0n) is 15.6. The van der Waals surface area contributed by atoms with Gasteiger partial charge in [0.05, 0.1) is 18.9 Å². The molecule has 11 heteroatoms. The number of alkyl halides is 3. The summed E-state index contributed by atoms with van der Waals surface area (Å²) in [4.78, 5) is 14.5. The third kappa shape index (κ3) is 5.51. The maximum atomic E-state index is 13.5. The molecule has 1 aromatic carbocycles. The summed E-state index contributed by atoms with van der Waals surface area (Å²) in [6, 6.07) is 4.48. The molecule has 1 fully saturated rings. The van der Waals surface area contributed by atoms with Crippen molar-refractivity contribution in [1.82, 2.24) is 25.2 Å². The number of morpholine rings is 1. The van der Waals surface area contributed by atoms with Gasteiger partial charge in [-0.05, 0) is 37.6 Å². The number of nitrogens with one attached hydrogen (secondary N) is 1. The molecule has 158 valence electrons. The summed E-state index contributed by atoms with van der Waals surface area (Å²) in [5.74, 6) is -1.69. The summed E-state index contributed by atoms with van der Waals surface area (Å²) < 4.78 is 59.7. The molecule has 29 heavy (non-hydrogen) atoms. The zero-order chi connectivity index (χ0) is 20.9. The fourth-order valence-electron chi connectivity index (χ4n) is 3.05. The van der Waals surface area contributed by atoms with Crippen LogP contribution in [-0.2, 0) is 10.9 Å². The summed E-state index contributed by atoms with van der Waals surface area (Å²) in [6.07, 6.45) is -3.48. The van der Waals surface area contributed by atoms with Crippen molar-refractivity contribution in [3.63, 3.8) is 0 Å². The van der Waals surface area contributed by atoms with Gasteiger partial charge in [-0.3, -0.25) is 9.69 Å². The van der Waals surface area contributed by atoms with Crippen LogP contribution in [0.2, 0.25) is 0 Å². The first-order chi connectivity index (χ1) is 13.9. The second-order valence-electron chi connectivity index (χ2n) is 6.59. The fourth-order valence-corrected chi connectivity index (χ4v) is 3.05. The maximum Gasteiger partial charge on any atom is 0.435 e. The minimum absolute atomic E-state index is 0.172. The Morgan fingerprint density at radius 1 is 1.21 bits per heavy atom. The molecule has 1 aromatic heterocycles. The highest BCUT2D eigenvalue weighted by Gasteiger charge is 2.42. The second kappa shape index (κ2) is 9.31. The molecular weight excluding hydrogens is 394 g/mol. The van der Waals surface area contributed by atoms with Gasteiger partial charge < -0.3 is 10.1 Å². The lowest BCUT2D eigenvalue weighted by atomic mass is 10.2. The normalized spacial score (nSPS) is 15.4. The lowest BCUT2D eigenvalue weighted by molar-refractivity contribution is -0.143. The van der Waals surface area contributed by atoms with Crippen molar-refractivity contribution >= 4 is 5.91 Å². The topological polar surface area (TPSA) is 72.3 Å². The fraction of sp³-hybridized carbons (Fsp3) is 0.500. The molecule has 0 aliphatic carbocycles. The Hall–Kier alpha value is -2.53. The number of hydrogen-bond donors (Lipinski definition) is 1. The molecule has 0 unspecified atom stereocenters. The van der Waals surface area contributed by atoms with Crippen LogP contribution in [-0.4, -0.2) is 65.2 Å². The predicted molar refractivity (Wildman–Crippen MR) is 95.1 cm³/mol. The van der Waals surface area contributed by atoms with Gasteiger partial charge in [0.2, 0.25) is 0 Å². The molecule has 0 bridgehead atoms. The lowest BCUT2D eigenvalue weighted by Gasteiger charge is -2.26. The summed E-state index contributed by atoms with van der Waals surface area (Å²) >= 11 is 0. The van der Waals surface area contributed by atoms with E-state index in [9.17, 15) is 22.4 Å². The Balaban J connectivity index is 1.62. The van der Waals surface area contributed by atoms with E-state index in [2.05, 4.69) is 20.5 Å². The van der Waals surface area contributed by atoms with E-state index < -0.39 is 29.3 Å². The molecule has 3 rings (SSSR count). The molecule has 7 nitrogen and oxygen atoms in total. The quantitative estimate of drug-likeness (QED) is 0.555. The average molecular weight is 415 g/mol. The average Bonchev–Trinajstić information content (AvgIpc) is 3.14. The van der Waals surface area contributed by atoms with Crippen LogP contribution in [0.15, 0.2) is 24.3 Å². The number of amides is 1. The summed E-state index contributed by atoms with van der Waals surface area (Å²) in [5.41, 5.74) is -2.35. The first-order valence-electron chi connectivity index (χ1n) is 9.23. The Morgan fingerprint density at radius 2 is 1.97 bits per heavy atom. The van der Waals surface area contributed by atoms with Gasteiger partial charge in [0, 0.05) is 19.6 Å². The first kappa shape index (κ1) is 21.2. The van der Waals surface area contributed by atoms with Gasteiger partial charge in [0.15, 0.2) is 11.4 Å². The van der Waals surface area contributed by atoms with Crippen LogP contribution in [0.5, 0.6) is 0 Å². The highest BCUT2D eigenvalue weighted by molar-refractivity contribution is 5.93. The van der Waals surface area contributed by atoms with E-state index in [-0.39, 0.29) is 12.2 Å². The minimum Gasteiger partial charge on any atom is -0.379 e. The minimum atomic E-state index is -4.89. The van der Waals surface area contributed by atoms with E-state index in [1.54, 1.807) is 0 Å². The smallest absolute Gasteiger partial charge is 0.379 e. The summed E-state index contributed by atoms with van der Waals surface area (Å²) in [7, 11) is 0. The molecular formula is C18H21F4N5O2. The molecule has 1 N–H and O–H groups in total. The number of hydrogen-bond acceptors (Lipinski definition) is 5. The van der Waals surface area contributed by atoms with Crippen molar-refractivity contribution in [3.8, 4) is 5.69 Å². The number of ether oxygens (including phenoxy) is 1.